The van der Waals surface area contributed by atoms with Gasteiger partial charge in [-0.1, -0.05) is 26.2 Å². The summed E-state index contributed by atoms with van der Waals surface area (Å²) in [7, 11) is 0. The smallest absolute Gasteiger partial charge is 0.256 e. The zero-order valence-corrected chi connectivity index (χ0v) is 10.5. The van der Waals surface area contributed by atoms with Gasteiger partial charge in [0.25, 0.3) is 5.91 Å². The van der Waals surface area contributed by atoms with Crippen LogP contribution in [0.5, 0.6) is 0 Å². The lowest BCUT2D eigenvalue weighted by atomic mass is 10.2. The maximum absolute atomic E-state index is 11.7. The van der Waals surface area contributed by atoms with Crippen LogP contribution in [0, 0.1) is 6.92 Å². The topological polar surface area (TPSA) is 62.0 Å². The monoisotopic (exact) mass is 236 g/mol. The zero-order valence-electron chi connectivity index (χ0n) is 10.5. The van der Waals surface area contributed by atoms with Crippen LogP contribution in [0.4, 0.5) is 0 Å². The first kappa shape index (κ1) is 13.5. The van der Waals surface area contributed by atoms with Gasteiger partial charge in [-0.3, -0.25) is 9.59 Å². The van der Waals surface area contributed by atoms with E-state index in [0.717, 1.165) is 18.5 Å². The first-order chi connectivity index (χ1) is 8.15. The highest BCUT2D eigenvalue weighted by molar-refractivity contribution is 5.93. The van der Waals surface area contributed by atoms with E-state index in [-0.39, 0.29) is 16.9 Å². The van der Waals surface area contributed by atoms with Crippen LogP contribution in [0.25, 0.3) is 0 Å². The minimum Gasteiger partial charge on any atom is -0.364 e. The Morgan fingerprint density at radius 3 is 2.76 bits per heavy atom. The predicted octanol–water partition coefficient (Wildman–Crippen LogP) is 1.99. The quantitative estimate of drug-likeness (QED) is 0.742. The average Bonchev–Trinajstić information content (AvgIpc) is 2.28. The van der Waals surface area contributed by atoms with Crippen molar-refractivity contribution >= 4 is 5.91 Å². The van der Waals surface area contributed by atoms with Crippen molar-refractivity contribution in [1.82, 2.24) is 10.3 Å². The number of aromatic nitrogens is 1. The van der Waals surface area contributed by atoms with Crippen LogP contribution in [0.15, 0.2) is 17.1 Å². The van der Waals surface area contributed by atoms with E-state index in [1.54, 1.807) is 6.92 Å². The third-order valence-electron chi connectivity index (χ3n) is 2.62. The van der Waals surface area contributed by atoms with Crippen molar-refractivity contribution in [3.63, 3.8) is 0 Å². The number of aromatic amines is 1. The molecule has 0 saturated heterocycles. The molecule has 0 aliphatic heterocycles. The van der Waals surface area contributed by atoms with Gasteiger partial charge in [-0.25, -0.2) is 0 Å². The molecule has 0 aromatic carbocycles. The lowest BCUT2D eigenvalue weighted by molar-refractivity contribution is 0.0951. The van der Waals surface area contributed by atoms with Gasteiger partial charge in [0.1, 0.15) is 5.56 Å². The lowest BCUT2D eigenvalue weighted by Gasteiger charge is -2.04. The van der Waals surface area contributed by atoms with E-state index in [4.69, 9.17) is 0 Å². The van der Waals surface area contributed by atoms with Crippen molar-refractivity contribution in [1.29, 1.82) is 0 Å². The second-order valence-electron chi connectivity index (χ2n) is 4.21. The fourth-order valence-corrected chi connectivity index (χ4v) is 1.60. The van der Waals surface area contributed by atoms with E-state index >= 15 is 0 Å². The van der Waals surface area contributed by atoms with Gasteiger partial charge in [-0.2, -0.15) is 0 Å². The molecule has 0 spiro atoms. The number of hydrogen-bond acceptors (Lipinski definition) is 2. The van der Waals surface area contributed by atoms with Crippen molar-refractivity contribution in [2.24, 2.45) is 0 Å². The van der Waals surface area contributed by atoms with Crippen molar-refractivity contribution in [3.8, 4) is 0 Å². The molecule has 4 nitrogen and oxygen atoms in total. The molecule has 17 heavy (non-hydrogen) atoms. The Kier molecular flexibility index (Phi) is 5.46. The van der Waals surface area contributed by atoms with Gasteiger partial charge in [0.05, 0.1) is 0 Å². The van der Waals surface area contributed by atoms with Crippen LogP contribution in [0.3, 0.4) is 0 Å². The SMILES string of the molecule is CCCCCCNC(=O)c1c[nH]c(C)cc1=O. The van der Waals surface area contributed by atoms with Crippen LogP contribution in [-0.4, -0.2) is 17.4 Å². The maximum atomic E-state index is 11.7. The van der Waals surface area contributed by atoms with E-state index in [1.165, 1.54) is 25.1 Å². The second kappa shape index (κ2) is 6.89. The minimum absolute atomic E-state index is 0.186. The van der Waals surface area contributed by atoms with Crippen LogP contribution >= 0.6 is 0 Å². The highest BCUT2D eigenvalue weighted by Crippen LogP contribution is 1.98. The zero-order chi connectivity index (χ0) is 12.7. The number of amides is 1. The fraction of sp³-hybridized carbons (Fsp3) is 0.538. The van der Waals surface area contributed by atoms with Gasteiger partial charge in [0, 0.05) is 24.5 Å². The number of aryl methyl sites for hydroxylation is 1. The van der Waals surface area contributed by atoms with E-state index in [0.29, 0.717) is 6.54 Å². The Bertz CT molecular complexity index is 424. The summed E-state index contributed by atoms with van der Waals surface area (Å²) in [5.74, 6) is -0.289. The molecule has 94 valence electrons. The van der Waals surface area contributed by atoms with Crippen LogP contribution in [-0.2, 0) is 0 Å². The summed E-state index contributed by atoms with van der Waals surface area (Å²) in [5.41, 5.74) is 0.716. The molecule has 0 radical (unpaired) electrons. The summed E-state index contributed by atoms with van der Waals surface area (Å²) in [6.07, 6.45) is 5.90. The third-order valence-corrected chi connectivity index (χ3v) is 2.62. The first-order valence-electron chi connectivity index (χ1n) is 6.12. The molecule has 0 saturated carbocycles. The van der Waals surface area contributed by atoms with E-state index in [2.05, 4.69) is 17.2 Å². The molecule has 1 aromatic rings. The van der Waals surface area contributed by atoms with E-state index in [1.807, 2.05) is 0 Å². The normalized spacial score (nSPS) is 10.2. The molecule has 0 fully saturated rings. The Morgan fingerprint density at radius 1 is 1.35 bits per heavy atom. The highest BCUT2D eigenvalue weighted by Gasteiger charge is 2.08. The average molecular weight is 236 g/mol. The number of rotatable bonds is 6. The number of pyridine rings is 1. The number of H-pyrrole nitrogens is 1. The Hall–Kier alpha value is -1.58. The lowest BCUT2D eigenvalue weighted by Crippen LogP contribution is -2.29. The summed E-state index contributed by atoms with van der Waals surface area (Å²) in [5, 5.41) is 2.76. The molecule has 0 aliphatic carbocycles. The van der Waals surface area contributed by atoms with Crippen LogP contribution in [0.1, 0.15) is 48.7 Å². The number of hydrogen-bond donors (Lipinski definition) is 2. The number of carbonyl (C=O) groups excluding carboxylic acids is 1. The van der Waals surface area contributed by atoms with Crippen molar-refractivity contribution in [3.05, 3.63) is 33.7 Å². The summed E-state index contributed by atoms with van der Waals surface area (Å²) in [6.45, 7) is 4.56. The molecule has 1 heterocycles. The molecule has 1 amide bonds. The van der Waals surface area contributed by atoms with E-state index in [9.17, 15) is 9.59 Å². The molecule has 1 rings (SSSR count). The summed E-state index contributed by atoms with van der Waals surface area (Å²) >= 11 is 0. The first-order valence-corrected chi connectivity index (χ1v) is 6.12. The molecular weight excluding hydrogens is 216 g/mol. The number of nitrogens with one attached hydrogen (secondary N) is 2. The van der Waals surface area contributed by atoms with Crippen LogP contribution in [0.2, 0.25) is 0 Å². The Labute approximate surface area is 101 Å². The van der Waals surface area contributed by atoms with E-state index < -0.39 is 0 Å². The van der Waals surface area contributed by atoms with Gasteiger partial charge >= 0.3 is 0 Å². The second-order valence-corrected chi connectivity index (χ2v) is 4.21. The van der Waals surface area contributed by atoms with Crippen molar-refractivity contribution < 1.29 is 4.79 Å². The molecule has 2 N–H and O–H groups in total. The molecule has 0 unspecified atom stereocenters. The summed E-state index contributed by atoms with van der Waals surface area (Å²) < 4.78 is 0. The standard InChI is InChI=1S/C13H20N2O2/c1-3-4-5-6-7-14-13(17)11-9-15-10(2)8-12(11)16/h8-9H,3-7H2,1-2H3,(H,14,17)(H,15,16). The molecule has 0 aliphatic rings. The molecular formula is C13H20N2O2. The molecule has 1 aromatic heterocycles. The summed E-state index contributed by atoms with van der Waals surface area (Å²) in [4.78, 5) is 26.1. The van der Waals surface area contributed by atoms with Gasteiger partial charge < -0.3 is 10.3 Å². The van der Waals surface area contributed by atoms with Gasteiger partial charge in [0.15, 0.2) is 5.43 Å². The van der Waals surface area contributed by atoms with Gasteiger partial charge in [-0.05, 0) is 13.3 Å². The maximum Gasteiger partial charge on any atom is 0.256 e. The minimum atomic E-state index is -0.289. The highest BCUT2D eigenvalue weighted by atomic mass is 16.2. The molecule has 0 atom stereocenters. The number of unbranched alkanes of at least 4 members (excludes halogenated alkanes) is 3. The summed E-state index contributed by atoms with van der Waals surface area (Å²) in [6, 6.07) is 1.44. The predicted molar refractivity (Wildman–Crippen MR) is 68.3 cm³/mol. The Balaban J connectivity index is 2.45. The third kappa shape index (κ3) is 4.43. The largest absolute Gasteiger partial charge is 0.364 e. The van der Waals surface area contributed by atoms with Gasteiger partial charge in [-0.15, -0.1) is 0 Å². The van der Waals surface area contributed by atoms with Crippen molar-refractivity contribution in [2.45, 2.75) is 39.5 Å². The molecule has 0 bridgehead atoms. The fourth-order valence-electron chi connectivity index (χ4n) is 1.60. The van der Waals surface area contributed by atoms with Crippen molar-refractivity contribution in [2.75, 3.05) is 6.54 Å². The molecule has 4 heteroatoms. The van der Waals surface area contributed by atoms with Gasteiger partial charge in [0.2, 0.25) is 0 Å². The Morgan fingerprint density at radius 2 is 2.12 bits per heavy atom. The number of carbonyl (C=O) groups is 1. The van der Waals surface area contributed by atoms with Crippen LogP contribution < -0.4 is 10.7 Å².